The molecule has 0 aliphatic rings. The first-order chi connectivity index (χ1) is 10.5. The van der Waals surface area contributed by atoms with Crippen LogP contribution in [0.3, 0.4) is 0 Å². The van der Waals surface area contributed by atoms with Gasteiger partial charge >= 0.3 is 11.9 Å². The third-order valence-electron chi connectivity index (χ3n) is 2.56. The van der Waals surface area contributed by atoms with Crippen molar-refractivity contribution in [2.24, 2.45) is 0 Å². The van der Waals surface area contributed by atoms with Crippen LogP contribution in [0.2, 0.25) is 0 Å². The second kappa shape index (κ2) is 17.4. The predicted molar refractivity (Wildman–Crippen MR) is 86.6 cm³/mol. The molecule has 0 bridgehead atoms. The van der Waals surface area contributed by atoms with Crippen molar-refractivity contribution in [2.75, 3.05) is 46.1 Å². The summed E-state index contributed by atoms with van der Waals surface area (Å²) in [5.41, 5.74) is 0. The lowest BCUT2D eigenvalue weighted by Crippen LogP contribution is -2.27. The lowest BCUT2D eigenvalue weighted by molar-refractivity contribution is -0.139. The topological polar surface area (TPSA) is 65.1 Å². The zero-order valence-corrected chi connectivity index (χ0v) is 14.0. The van der Waals surface area contributed by atoms with E-state index in [1.165, 1.54) is 6.08 Å². The monoisotopic (exact) mass is 315 g/mol. The Bertz CT molecular complexity index is 314. The van der Waals surface area contributed by atoms with E-state index >= 15 is 0 Å². The Morgan fingerprint density at radius 1 is 0.909 bits per heavy atom. The highest BCUT2D eigenvalue weighted by molar-refractivity contribution is 5.81. The van der Waals surface area contributed by atoms with E-state index in [-0.39, 0.29) is 5.97 Å². The van der Waals surface area contributed by atoms with Crippen LogP contribution in [0.1, 0.15) is 20.8 Å². The highest BCUT2D eigenvalue weighted by Gasteiger charge is 2.00. The van der Waals surface area contributed by atoms with Gasteiger partial charge in [0, 0.05) is 25.3 Å². The van der Waals surface area contributed by atoms with Crippen molar-refractivity contribution in [3.8, 4) is 0 Å². The van der Waals surface area contributed by atoms with E-state index in [4.69, 9.17) is 9.47 Å². The van der Waals surface area contributed by atoms with Gasteiger partial charge in [0.05, 0.1) is 6.61 Å². The first kappa shape index (κ1) is 22.6. The van der Waals surface area contributed by atoms with Gasteiger partial charge in [-0.3, -0.25) is 0 Å². The smallest absolute Gasteiger partial charge is 0.330 e. The average Bonchev–Trinajstić information content (AvgIpc) is 2.55. The van der Waals surface area contributed by atoms with Crippen LogP contribution in [0.4, 0.5) is 0 Å². The number of carbonyl (C=O) groups is 2. The number of likely N-dealkylation sites (N-methyl/N-ethyl adjacent to an activating group) is 1. The fourth-order valence-electron chi connectivity index (χ4n) is 1.28. The van der Waals surface area contributed by atoms with Crippen molar-refractivity contribution in [3.63, 3.8) is 0 Å². The fraction of sp³-hybridized carbons (Fsp3) is 0.625. The molecule has 6 heteroatoms. The number of carbonyl (C=O) groups excluding carboxylic acids is 2. The summed E-state index contributed by atoms with van der Waals surface area (Å²) in [5, 5.41) is 0. The fourth-order valence-corrected chi connectivity index (χ4v) is 1.28. The molecule has 0 unspecified atom stereocenters. The third kappa shape index (κ3) is 16.4. The largest absolute Gasteiger partial charge is 0.461 e. The number of hydrogen-bond acceptors (Lipinski definition) is 6. The molecule has 0 N–H and O–H groups in total. The molecule has 0 aromatic rings. The van der Waals surface area contributed by atoms with E-state index in [0.717, 1.165) is 25.7 Å². The summed E-state index contributed by atoms with van der Waals surface area (Å²) in [6, 6.07) is 0. The Morgan fingerprint density at radius 3 is 1.82 bits per heavy atom. The number of hydrogen-bond donors (Lipinski definition) is 0. The SMILES string of the molecule is C=CC(=O)OCCN(CC)CC.C=CC(=O)OCCOCC. The minimum absolute atomic E-state index is 0.304. The van der Waals surface area contributed by atoms with Gasteiger partial charge in [-0.2, -0.15) is 0 Å². The van der Waals surface area contributed by atoms with Crippen LogP contribution in [0.5, 0.6) is 0 Å². The average molecular weight is 315 g/mol. The molecule has 0 heterocycles. The van der Waals surface area contributed by atoms with Crippen LogP contribution in [0.15, 0.2) is 25.3 Å². The Balaban J connectivity index is 0. The summed E-state index contributed by atoms with van der Waals surface area (Å²) in [4.78, 5) is 23.2. The van der Waals surface area contributed by atoms with Gasteiger partial charge < -0.3 is 19.1 Å². The van der Waals surface area contributed by atoms with Gasteiger partial charge in [-0.15, -0.1) is 0 Å². The predicted octanol–water partition coefficient (Wildman–Crippen LogP) is 1.81. The molecule has 0 aromatic carbocycles. The molecule has 128 valence electrons. The van der Waals surface area contributed by atoms with Crippen molar-refractivity contribution < 1.29 is 23.8 Å². The van der Waals surface area contributed by atoms with Gasteiger partial charge in [0.2, 0.25) is 0 Å². The number of nitrogens with zero attached hydrogens (tertiary/aromatic N) is 1. The van der Waals surface area contributed by atoms with Crippen LogP contribution in [0.25, 0.3) is 0 Å². The molecule has 0 aliphatic heterocycles. The summed E-state index contributed by atoms with van der Waals surface area (Å²) in [5.74, 6) is -0.748. The molecule has 0 amide bonds. The second-order valence-electron chi connectivity index (χ2n) is 3.97. The molecule has 0 atom stereocenters. The molecule has 0 spiro atoms. The summed E-state index contributed by atoms with van der Waals surface area (Å²) < 4.78 is 14.4. The molecular formula is C16H29NO5. The van der Waals surface area contributed by atoms with E-state index in [1.807, 2.05) is 6.92 Å². The van der Waals surface area contributed by atoms with Crippen LogP contribution in [-0.2, 0) is 23.8 Å². The number of rotatable bonds is 11. The first-order valence-electron chi connectivity index (χ1n) is 7.44. The molecule has 0 radical (unpaired) electrons. The maximum Gasteiger partial charge on any atom is 0.330 e. The second-order valence-corrected chi connectivity index (χ2v) is 3.97. The summed E-state index contributed by atoms with van der Waals surface area (Å²) in [6.45, 7) is 17.2. The van der Waals surface area contributed by atoms with Gasteiger partial charge in [0.1, 0.15) is 13.2 Å². The van der Waals surface area contributed by atoms with E-state index in [1.54, 1.807) is 0 Å². The van der Waals surface area contributed by atoms with Gasteiger partial charge in [0.25, 0.3) is 0 Å². The Hall–Kier alpha value is -1.66. The molecule has 0 rings (SSSR count). The molecule has 22 heavy (non-hydrogen) atoms. The molecule has 6 nitrogen and oxygen atoms in total. The Morgan fingerprint density at radius 2 is 1.41 bits per heavy atom. The van der Waals surface area contributed by atoms with E-state index < -0.39 is 5.97 Å². The zero-order chi connectivity index (χ0) is 17.2. The summed E-state index contributed by atoms with van der Waals surface area (Å²) in [7, 11) is 0. The van der Waals surface area contributed by atoms with Crippen molar-refractivity contribution in [1.82, 2.24) is 4.90 Å². The van der Waals surface area contributed by atoms with Crippen LogP contribution in [-0.4, -0.2) is 62.9 Å². The van der Waals surface area contributed by atoms with Crippen LogP contribution in [0, 0.1) is 0 Å². The Kier molecular flexibility index (Phi) is 17.9. The minimum Gasteiger partial charge on any atom is -0.461 e. The summed E-state index contributed by atoms with van der Waals surface area (Å²) in [6.07, 6.45) is 2.31. The lowest BCUT2D eigenvalue weighted by atomic mass is 10.5. The van der Waals surface area contributed by atoms with E-state index in [0.29, 0.717) is 26.4 Å². The van der Waals surface area contributed by atoms with Crippen LogP contribution < -0.4 is 0 Å². The van der Waals surface area contributed by atoms with Crippen LogP contribution >= 0.6 is 0 Å². The van der Waals surface area contributed by atoms with E-state index in [2.05, 4.69) is 36.6 Å². The molecule has 0 saturated heterocycles. The summed E-state index contributed by atoms with van der Waals surface area (Å²) >= 11 is 0. The van der Waals surface area contributed by atoms with Crippen molar-refractivity contribution in [1.29, 1.82) is 0 Å². The van der Waals surface area contributed by atoms with Crippen molar-refractivity contribution in [2.45, 2.75) is 20.8 Å². The quantitative estimate of drug-likeness (QED) is 0.329. The van der Waals surface area contributed by atoms with Gasteiger partial charge in [0.15, 0.2) is 0 Å². The molecule has 0 saturated carbocycles. The lowest BCUT2D eigenvalue weighted by Gasteiger charge is -2.16. The molecular weight excluding hydrogens is 286 g/mol. The van der Waals surface area contributed by atoms with Gasteiger partial charge in [-0.05, 0) is 20.0 Å². The highest BCUT2D eigenvalue weighted by atomic mass is 16.6. The zero-order valence-electron chi connectivity index (χ0n) is 14.0. The maximum absolute atomic E-state index is 10.6. The minimum atomic E-state index is -0.403. The Labute approximate surface area is 133 Å². The first-order valence-corrected chi connectivity index (χ1v) is 7.44. The van der Waals surface area contributed by atoms with Gasteiger partial charge in [-0.25, -0.2) is 9.59 Å². The number of esters is 2. The maximum atomic E-state index is 10.6. The standard InChI is InChI=1S/C9H17NO2.C7H12O3/c1-4-9(11)12-8-7-10(5-2)6-3;1-3-7(8)10-6-5-9-4-2/h4H,1,5-8H2,2-3H3;3H,1,4-6H2,2H3. The highest BCUT2D eigenvalue weighted by Crippen LogP contribution is 1.87. The van der Waals surface area contributed by atoms with Gasteiger partial charge in [-0.1, -0.05) is 27.0 Å². The van der Waals surface area contributed by atoms with Crippen molar-refractivity contribution in [3.05, 3.63) is 25.3 Å². The third-order valence-corrected chi connectivity index (χ3v) is 2.56. The van der Waals surface area contributed by atoms with Crippen molar-refractivity contribution >= 4 is 11.9 Å². The molecule has 0 aliphatic carbocycles. The number of ether oxygens (including phenoxy) is 3. The van der Waals surface area contributed by atoms with E-state index in [9.17, 15) is 9.59 Å². The molecule has 0 fully saturated rings. The molecule has 0 aromatic heterocycles. The normalized spacial score (nSPS) is 9.45.